The van der Waals surface area contributed by atoms with Crippen molar-refractivity contribution in [2.75, 3.05) is 44.3 Å². The molecule has 176 valence electrons. The number of halogens is 1. The molecule has 6 nitrogen and oxygen atoms in total. The molecule has 32 heavy (non-hydrogen) atoms. The number of hydrogen-bond donors (Lipinski definition) is 2. The monoisotopic (exact) mass is 551 g/mol. The number of nitrogens with zero attached hydrogens (tertiary/aromatic N) is 3. The Balaban J connectivity index is 0.00000363. The molecule has 7 heteroatoms. The normalized spacial score (nSPS) is 14.2. The molecule has 0 radical (unpaired) electrons. The van der Waals surface area contributed by atoms with Gasteiger partial charge in [0, 0.05) is 37.9 Å². The lowest BCUT2D eigenvalue weighted by Crippen LogP contribution is -2.38. The van der Waals surface area contributed by atoms with Gasteiger partial charge in [-0.2, -0.15) is 0 Å². The number of aromatic nitrogens is 1. The van der Waals surface area contributed by atoms with Crippen LogP contribution < -0.4 is 15.5 Å². The van der Waals surface area contributed by atoms with Crippen molar-refractivity contribution >= 4 is 35.8 Å². The Kier molecular flexibility index (Phi) is 11.8. The molecule has 1 fully saturated rings. The van der Waals surface area contributed by atoms with E-state index < -0.39 is 0 Å². The van der Waals surface area contributed by atoms with Crippen molar-refractivity contribution in [2.24, 2.45) is 4.99 Å². The second-order valence-corrected chi connectivity index (χ2v) is 8.21. The van der Waals surface area contributed by atoms with Crippen LogP contribution in [0, 0.1) is 0 Å². The molecule has 2 N–H and O–H groups in total. The maximum absolute atomic E-state index is 5.48. The van der Waals surface area contributed by atoms with Crippen LogP contribution in [0.25, 0.3) is 0 Å². The van der Waals surface area contributed by atoms with E-state index in [1.54, 1.807) is 0 Å². The third-order valence-electron chi connectivity index (χ3n) is 5.51. The minimum Gasteiger partial charge on any atom is -0.378 e. The first kappa shape index (κ1) is 26.4. The molecular formula is C25H38IN5O. The van der Waals surface area contributed by atoms with Gasteiger partial charge in [0.05, 0.1) is 19.8 Å². The van der Waals surface area contributed by atoms with E-state index in [9.17, 15) is 0 Å². The summed E-state index contributed by atoms with van der Waals surface area (Å²) in [4.78, 5) is 11.7. The molecule has 2 aromatic rings. The van der Waals surface area contributed by atoms with Gasteiger partial charge in [-0.25, -0.2) is 9.98 Å². The molecule has 0 aliphatic carbocycles. The van der Waals surface area contributed by atoms with Crippen molar-refractivity contribution < 1.29 is 4.74 Å². The fourth-order valence-corrected chi connectivity index (χ4v) is 3.69. The molecular weight excluding hydrogens is 513 g/mol. The Morgan fingerprint density at radius 3 is 2.56 bits per heavy atom. The minimum atomic E-state index is 0. The number of benzene rings is 1. The molecule has 0 saturated carbocycles. The van der Waals surface area contributed by atoms with Crippen LogP contribution in [0.2, 0.25) is 0 Å². The average molecular weight is 552 g/mol. The largest absolute Gasteiger partial charge is 0.378 e. The number of guanidine groups is 1. The molecule has 1 aromatic heterocycles. The van der Waals surface area contributed by atoms with E-state index >= 15 is 0 Å². The van der Waals surface area contributed by atoms with Gasteiger partial charge >= 0.3 is 0 Å². The standard InChI is InChI=1S/C25H37N5O.HI/c1-4-26-25(28-14-5-7-21-9-11-22(12-10-21)20(2)3)29-19-23-8-6-13-27-24(23)30-15-17-31-18-16-30;/h6,8-13,20H,4-5,7,14-19H2,1-3H3,(H2,26,28,29);1H. The van der Waals surface area contributed by atoms with Crippen LogP contribution in [0.1, 0.15) is 49.8 Å². The SMILES string of the molecule is CCNC(=NCc1cccnc1N1CCOCC1)NCCCc1ccc(C(C)C)cc1.I. The fraction of sp³-hybridized carbons (Fsp3) is 0.520. The Hall–Kier alpha value is -1.87. The summed E-state index contributed by atoms with van der Waals surface area (Å²) in [5, 5.41) is 6.83. The number of rotatable bonds is 9. The summed E-state index contributed by atoms with van der Waals surface area (Å²) in [5.74, 6) is 2.46. The summed E-state index contributed by atoms with van der Waals surface area (Å²) in [6.07, 6.45) is 3.99. The number of ether oxygens (including phenoxy) is 1. The third kappa shape index (κ3) is 8.24. The van der Waals surface area contributed by atoms with Crippen LogP contribution >= 0.6 is 24.0 Å². The highest BCUT2D eigenvalue weighted by atomic mass is 127. The zero-order valence-electron chi connectivity index (χ0n) is 19.6. The minimum absolute atomic E-state index is 0. The molecule has 1 aliphatic heterocycles. The number of aryl methyl sites for hydroxylation is 1. The topological polar surface area (TPSA) is 61.8 Å². The van der Waals surface area contributed by atoms with Crippen LogP contribution in [0.15, 0.2) is 47.6 Å². The first-order chi connectivity index (χ1) is 15.2. The Labute approximate surface area is 210 Å². The number of pyridine rings is 1. The van der Waals surface area contributed by atoms with Gasteiger partial charge < -0.3 is 20.3 Å². The highest BCUT2D eigenvalue weighted by Gasteiger charge is 2.15. The van der Waals surface area contributed by atoms with E-state index in [4.69, 9.17) is 9.73 Å². The van der Waals surface area contributed by atoms with Crippen molar-refractivity contribution in [1.29, 1.82) is 0 Å². The average Bonchev–Trinajstić information content (AvgIpc) is 2.81. The summed E-state index contributed by atoms with van der Waals surface area (Å²) in [6, 6.07) is 13.1. The third-order valence-corrected chi connectivity index (χ3v) is 5.51. The van der Waals surface area contributed by atoms with Gasteiger partial charge in [-0.1, -0.05) is 44.2 Å². The van der Waals surface area contributed by atoms with Gasteiger partial charge in [-0.3, -0.25) is 0 Å². The lowest BCUT2D eigenvalue weighted by atomic mass is 10.0. The van der Waals surface area contributed by atoms with Gasteiger partial charge in [0.2, 0.25) is 0 Å². The lowest BCUT2D eigenvalue weighted by Gasteiger charge is -2.29. The highest BCUT2D eigenvalue weighted by Crippen LogP contribution is 2.19. The van der Waals surface area contributed by atoms with E-state index in [0.717, 1.165) is 69.6 Å². The fourth-order valence-electron chi connectivity index (χ4n) is 3.69. The van der Waals surface area contributed by atoms with Crippen molar-refractivity contribution in [3.63, 3.8) is 0 Å². The number of hydrogen-bond acceptors (Lipinski definition) is 4. The smallest absolute Gasteiger partial charge is 0.191 e. The second-order valence-electron chi connectivity index (χ2n) is 8.21. The van der Waals surface area contributed by atoms with Gasteiger partial charge in [0.15, 0.2) is 5.96 Å². The van der Waals surface area contributed by atoms with E-state index in [1.807, 2.05) is 12.3 Å². The second kappa shape index (κ2) is 14.3. The molecule has 1 saturated heterocycles. The van der Waals surface area contributed by atoms with Crippen molar-refractivity contribution in [3.8, 4) is 0 Å². The summed E-state index contributed by atoms with van der Waals surface area (Å²) < 4.78 is 5.48. The van der Waals surface area contributed by atoms with Crippen LogP contribution in [0.3, 0.4) is 0 Å². The number of morpholine rings is 1. The van der Waals surface area contributed by atoms with Crippen molar-refractivity contribution in [2.45, 2.75) is 46.1 Å². The quantitative estimate of drug-likeness (QED) is 0.210. The number of anilines is 1. The zero-order chi connectivity index (χ0) is 21.9. The number of aliphatic imine (C=N–C) groups is 1. The van der Waals surface area contributed by atoms with Crippen molar-refractivity contribution in [3.05, 3.63) is 59.3 Å². The maximum Gasteiger partial charge on any atom is 0.191 e. The number of nitrogens with one attached hydrogen (secondary N) is 2. The lowest BCUT2D eigenvalue weighted by molar-refractivity contribution is 0.122. The molecule has 1 aromatic carbocycles. The molecule has 0 spiro atoms. The predicted molar refractivity (Wildman–Crippen MR) is 144 cm³/mol. The summed E-state index contributed by atoms with van der Waals surface area (Å²) in [5.41, 5.74) is 3.93. The molecule has 2 heterocycles. The predicted octanol–water partition coefficient (Wildman–Crippen LogP) is 4.35. The molecule has 0 atom stereocenters. The van der Waals surface area contributed by atoms with E-state index in [-0.39, 0.29) is 24.0 Å². The first-order valence-electron chi connectivity index (χ1n) is 11.5. The Morgan fingerprint density at radius 1 is 1.12 bits per heavy atom. The molecule has 0 amide bonds. The summed E-state index contributed by atoms with van der Waals surface area (Å²) in [6.45, 7) is 12.2. The van der Waals surface area contributed by atoms with E-state index in [1.165, 1.54) is 11.1 Å². The van der Waals surface area contributed by atoms with Crippen LogP contribution in [0.5, 0.6) is 0 Å². The Bertz CT molecular complexity index is 819. The van der Waals surface area contributed by atoms with Gasteiger partial charge in [-0.15, -0.1) is 24.0 Å². The van der Waals surface area contributed by atoms with Gasteiger partial charge in [-0.05, 0) is 42.9 Å². The van der Waals surface area contributed by atoms with E-state index in [0.29, 0.717) is 12.5 Å². The molecule has 3 rings (SSSR count). The molecule has 1 aliphatic rings. The summed E-state index contributed by atoms with van der Waals surface area (Å²) in [7, 11) is 0. The Morgan fingerprint density at radius 2 is 1.88 bits per heavy atom. The van der Waals surface area contributed by atoms with Crippen LogP contribution in [-0.2, 0) is 17.7 Å². The highest BCUT2D eigenvalue weighted by molar-refractivity contribution is 14.0. The molecule has 0 unspecified atom stereocenters. The van der Waals surface area contributed by atoms with Crippen LogP contribution in [-0.4, -0.2) is 50.3 Å². The first-order valence-corrected chi connectivity index (χ1v) is 11.5. The van der Waals surface area contributed by atoms with Gasteiger partial charge in [0.1, 0.15) is 5.82 Å². The molecule has 0 bridgehead atoms. The van der Waals surface area contributed by atoms with Crippen LogP contribution in [0.4, 0.5) is 5.82 Å². The summed E-state index contributed by atoms with van der Waals surface area (Å²) >= 11 is 0. The maximum atomic E-state index is 5.48. The van der Waals surface area contributed by atoms with Crippen molar-refractivity contribution in [1.82, 2.24) is 15.6 Å². The van der Waals surface area contributed by atoms with Gasteiger partial charge in [0.25, 0.3) is 0 Å². The van der Waals surface area contributed by atoms with E-state index in [2.05, 4.69) is 71.6 Å². The zero-order valence-corrected chi connectivity index (χ0v) is 22.0.